The van der Waals surface area contributed by atoms with Gasteiger partial charge >= 0.3 is 0 Å². The van der Waals surface area contributed by atoms with Crippen LogP contribution in [0.25, 0.3) is 0 Å². The van der Waals surface area contributed by atoms with Crippen LogP contribution < -0.4 is 11.3 Å². The Morgan fingerprint density at radius 2 is 2.28 bits per heavy atom. The van der Waals surface area contributed by atoms with Gasteiger partial charge in [0.2, 0.25) is 0 Å². The zero-order valence-corrected chi connectivity index (χ0v) is 12.2. The van der Waals surface area contributed by atoms with Crippen LogP contribution >= 0.6 is 15.9 Å². The molecule has 4 heteroatoms. The van der Waals surface area contributed by atoms with Gasteiger partial charge in [-0.2, -0.15) is 0 Å². The van der Waals surface area contributed by atoms with E-state index in [4.69, 9.17) is 5.84 Å². The molecular weight excluding hydrogens is 295 g/mol. The molecule has 0 amide bonds. The highest BCUT2D eigenvalue weighted by Crippen LogP contribution is 2.41. The van der Waals surface area contributed by atoms with Crippen molar-refractivity contribution >= 4 is 15.9 Å². The van der Waals surface area contributed by atoms with E-state index in [1.54, 1.807) is 6.07 Å². The summed E-state index contributed by atoms with van der Waals surface area (Å²) >= 11 is 3.39. The van der Waals surface area contributed by atoms with Gasteiger partial charge in [0.1, 0.15) is 5.82 Å². The van der Waals surface area contributed by atoms with E-state index in [1.165, 1.54) is 18.9 Å². The number of rotatable bonds is 4. The lowest BCUT2D eigenvalue weighted by molar-refractivity contribution is 0.348. The van der Waals surface area contributed by atoms with E-state index < -0.39 is 0 Å². The molecule has 2 rings (SSSR count). The summed E-state index contributed by atoms with van der Waals surface area (Å²) in [6.45, 7) is 2.22. The van der Waals surface area contributed by atoms with Gasteiger partial charge in [0.25, 0.3) is 0 Å². The van der Waals surface area contributed by atoms with Gasteiger partial charge in [-0.05, 0) is 42.9 Å². The van der Waals surface area contributed by atoms with E-state index in [0.717, 1.165) is 23.2 Å². The van der Waals surface area contributed by atoms with Crippen molar-refractivity contribution in [2.75, 3.05) is 0 Å². The second-order valence-electron chi connectivity index (χ2n) is 5.16. The molecule has 1 aliphatic rings. The van der Waals surface area contributed by atoms with Crippen molar-refractivity contribution in [2.45, 2.75) is 38.6 Å². The van der Waals surface area contributed by atoms with Crippen molar-refractivity contribution in [3.63, 3.8) is 0 Å². The Balaban J connectivity index is 2.20. The highest BCUT2D eigenvalue weighted by atomic mass is 79.9. The fourth-order valence-electron chi connectivity index (χ4n) is 3.02. The number of nitrogens with two attached hydrogens (primary N) is 1. The van der Waals surface area contributed by atoms with E-state index in [9.17, 15) is 4.39 Å². The number of hydrazine groups is 1. The molecule has 1 aromatic carbocycles. The summed E-state index contributed by atoms with van der Waals surface area (Å²) in [6.07, 6.45) is 4.69. The normalized spacial score (nSPS) is 25.3. The SMILES string of the molecule is CCC1CCC(C(NN)c2cc(Br)ccc2F)C1. The van der Waals surface area contributed by atoms with Crippen LogP contribution in [-0.4, -0.2) is 0 Å². The maximum absolute atomic E-state index is 13.9. The van der Waals surface area contributed by atoms with Crippen LogP contribution in [0.3, 0.4) is 0 Å². The van der Waals surface area contributed by atoms with E-state index >= 15 is 0 Å². The lowest BCUT2D eigenvalue weighted by atomic mass is 9.90. The van der Waals surface area contributed by atoms with Gasteiger partial charge in [-0.25, -0.2) is 4.39 Å². The average Bonchev–Trinajstić information content (AvgIpc) is 2.83. The summed E-state index contributed by atoms with van der Waals surface area (Å²) in [5, 5.41) is 0. The van der Waals surface area contributed by atoms with Crippen molar-refractivity contribution in [2.24, 2.45) is 17.7 Å². The van der Waals surface area contributed by atoms with Gasteiger partial charge < -0.3 is 0 Å². The predicted octanol–water partition coefficient (Wildman–Crippen LogP) is 3.92. The molecule has 0 radical (unpaired) electrons. The summed E-state index contributed by atoms with van der Waals surface area (Å²) in [5.74, 6) is 6.68. The van der Waals surface area contributed by atoms with Gasteiger partial charge in [-0.3, -0.25) is 11.3 Å². The first-order valence-corrected chi connectivity index (χ1v) is 7.36. The Morgan fingerprint density at radius 3 is 2.89 bits per heavy atom. The molecule has 1 aromatic rings. The maximum atomic E-state index is 13.9. The molecule has 0 spiro atoms. The van der Waals surface area contributed by atoms with Crippen molar-refractivity contribution in [3.05, 3.63) is 34.1 Å². The molecule has 0 bridgehead atoms. The highest BCUT2D eigenvalue weighted by Gasteiger charge is 2.31. The summed E-state index contributed by atoms with van der Waals surface area (Å²) in [6, 6.07) is 4.96. The van der Waals surface area contributed by atoms with Crippen LogP contribution in [0, 0.1) is 17.7 Å². The lowest BCUT2D eigenvalue weighted by Crippen LogP contribution is -2.33. The average molecular weight is 315 g/mol. The lowest BCUT2D eigenvalue weighted by Gasteiger charge is -2.24. The quantitative estimate of drug-likeness (QED) is 0.653. The molecule has 3 N–H and O–H groups in total. The summed E-state index contributed by atoms with van der Waals surface area (Å²) < 4.78 is 14.8. The molecule has 2 nitrogen and oxygen atoms in total. The van der Waals surface area contributed by atoms with E-state index in [-0.39, 0.29) is 11.9 Å². The summed E-state index contributed by atoms with van der Waals surface area (Å²) in [4.78, 5) is 0. The molecule has 1 aliphatic carbocycles. The summed E-state index contributed by atoms with van der Waals surface area (Å²) in [7, 11) is 0. The minimum Gasteiger partial charge on any atom is -0.271 e. The largest absolute Gasteiger partial charge is 0.271 e. The number of halogens is 2. The van der Waals surface area contributed by atoms with Crippen LogP contribution in [0.1, 0.15) is 44.2 Å². The van der Waals surface area contributed by atoms with Crippen LogP contribution in [-0.2, 0) is 0 Å². The number of nitrogens with one attached hydrogen (secondary N) is 1. The molecule has 3 atom stereocenters. The third-order valence-corrected chi connectivity index (χ3v) is 4.60. The van der Waals surface area contributed by atoms with E-state index in [1.807, 2.05) is 6.07 Å². The zero-order valence-electron chi connectivity index (χ0n) is 10.6. The van der Waals surface area contributed by atoms with E-state index in [2.05, 4.69) is 28.3 Å². The minimum absolute atomic E-state index is 0.0842. The van der Waals surface area contributed by atoms with Gasteiger partial charge in [0, 0.05) is 10.0 Å². The first kappa shape index (κ1) is 14.0. The van der Waals surface area contributed by atoms with Crippen molar-refractivity contribution in [1.29, 1.82) is 0 Å². The van der Waals surface area contributed by atoms with Crippen molar-refractivity contribution < 1.29 is 4.39 Å². The van der Waals surface area contributed by atoms with Crippen LogP contribution in [0.2, 0.25) is 0 Å². The Hall–Kier alpha value is -0.450. The van der Waals surface area contributed by atoms with Crippen molar-refractivity contribution in [1.82, 2.24) is 5.43 Å². The Morgan fingerprint density at radius 1 is 1.50 bits per heavy atom. The monoisotopic (exact) mass is 314 g/mol. The Labute approximate surface area is 116 Å². The third-order valence-electron chi connectivity index (χ3n) is 4.10. The van der Waals surface area contributed by atoms with E-state index in [0.29, 0.717) is 11.5 Å². The number of benzene rings is 1. The standard InChI is InChI=1S/C14H20BrFN2/c1-2-9-3-4-10(7-9)14(18-17)12-8-11(15)5-6-13(12)16/h5-6,8-10,14,18H,2-4,7,17H2,1H3. The number of hydrogen-bond donors (Lipinski definition) is 2. The Kier molecular flexibility index (Phi) is 4.76. The fourth-order valence-corrected chi connectivity index (χ4v) is 3.40. The van der Waals surface area contributed by atoms with Crippen molar-refractivity contribution in [3.8, 4) is 0 Å². The molecular formula is C14H20BrFN2. The smallest absolute Gasteiger partial charge is 0.128 e. The predicted molar refractivity (Wildman–Crippen MR) is 75.3 cm³/mol. The maximum Gasteiger partial charge on any atom is 0.128 e. The molecule has 0 aromatic heterocycles. The van der Waals surface area contributed by atoms with Gasteiger partial charge in [-0.1, -0.05) is 35.7 Å². The molecule has 0 heterocycles. The molecule has 3 unspecified atom stereocenters. The molecule has 18 heavy (non-hydrogen) atoms. The topological polar surface area (TPSA) is 38.0 Å². The molecule has 100 valence electrons. The summed E-state index contributed by atoms with van der Waals surface area (Å²) in [5.41, 5.74) is 3.49. The first-order chi connectivity index (χ1) is 8.65. The van der Waals surface area contributed by atoms with Gasteiger partial charge in [0.15, 0.2) is 0 Å². The third kappa shape index (κ3) is 2.92. The molecule has 0 saturated heterocycles. The highest BCUT2D eigenvalue weighted by molar-refractivity contribution is 9.10. The second-order valence-corrected chi connectivity index (χ2v) is 6.07. The fraction of sp³-hybridized carbons (Fsp3) is 0.571. The first-order valence-electron chi connectivity index (χ1n) is 6.56. The molecule has 1 fully saturated rings. The van der Waals surface area contributed by atoms with Gasteiger partial charge in [-0.15, -0.1) is 0 Å². The van der Waals surface area contributed by atoms with Crippen LogP contribution in [0.5, 0.6) is 0 Å². The van der Waals surface area contributed by atoms with Crippen LogP contribution in [0.4, 0.5) is 4.39 Å². The molecule has 0 aliphatic heterocycles. The minimum atomic E-state index is -0.180. The second kappa shape index (κ2) is 6.13. The number of hydrogen-bond acceptors (Lipinski definition) is 2. The molecule has 1 saturated carbocycles. The zero-order chi connectivity index (χ0) is 13.1. The van der Waals surface area contributed by atoms with Gasteiger partial charge in [0.05, 0.1) is 6.04 Å². The Bertz CT molecular complexity index is 411. The van der Waals surface area contributed by atoms with Crippen LogP contribution in [0.15, 0.2) is 22.7 Å².